The van der Waals surface area contributed by atoms with Gasteiger partial charge in [-0.2, -0.15) is 5.10 Å². The molecule has 2 aromatic rings. The first kappa shape index (κ1) is 16.5. The van der Waals surface area contributed by atoms with Crippen LogP contribution in [0.1, 0.15) is 30.6 Å². The largest absolute Gasteiger partial charge is 0.393 e. The summed E-state index contributed by atoms with van der Waals surface area (Å²) in [6.07, 6.45) is 3.45. The van der Waals surface area contributed by atoms with Gasteiger partial charge in [0.2, 0.25) is 0 Å². The Morgan fingerprint density at radius 3 is 2.82 bits per heavy atom. The Balaban J connectivity index is 1.99. The maximum atomic E-state index is 12.1. The SMILES string of the molecule is CC(O)CC(C)CNC(=O)c1cnn(-c2ccccc2Cl)c1. The van der Waals surface area contributed by atoms with Crippen molar-refractivity contribution in [2.24, 2.45) is 5.92 Å². The predicted molar refractivity (Wildman–Crippen MR) is 86.4 cm³/mol. The van der Waals surface area contributed by atoms with Gasteiger partial charge in [-0.1, -0.05) is 30.7 Å². The van der Waals surface area contributed by atoms with Crippen LogP contribution in [0.25, 0.3) is 5.69 Å². The molecule has 0 saturated heterocycles. The van der Waals surface area contributed by atoms with E-state index in [1.54, 1.807) is 23.9 Å². The Morgan fingerprint density at radius 2 is 2.14 bits per heavy atom. The van der Waals surface area contributed by atoms with Crippen molar-refractivity contribution in [2.75, 3.05) is 6.54 Å². The zero-order valence-corrected chi connectivity index (χ0v) is 13.4. The van der Waals surface area contributed by atoms with Crippen molar-refractivity contribution in [3.8, 4) is 5.69 Å². The number of halogens is 1. The highest BCUT2D eigenvalue weighted by Crippen LogP contribution is 2.19. The van der Waals surface area contributed by atoms with Crippen LogP contribution in [0.5, 0.6) is 0 Å². The number of amides is 1. The highest BCUT2D eigenvalue weighted by molar-refractivity contribution is 6.32. The zero-order chi connectivity index (χ0) is 16.1. The van der Waals surface area contributed by atoms with Crippen molar-refractivity contribution in [1.82, 2.24) is 15.1 Å². The maximum Gasteiger partial charge on any atom is 0.254 e. The number of aliphatic hydroxyl groups excluding tert-OH is 1. The first-order valence-corrected chi connectivity index (χ1v) is 7.61. The lowest BCUT2D eigenvalue weighted by atomic mass is 10.0. The number of hydrogen-bond acceptors (Lipinski definition) is 3. The summed E-state index contributed by atoms with van der Waals surface area (Å²) in [5, 5.41) is 16.9. The second kappa shape index (κ2) is 7.42. The molecule has 0 aliphatic heterocycles. The molecule has 0 aliphatic carbocycles. The smallest absolute Gasteiger partial charge is 0.254 e. The minimum atomic E-state index is -0.366. The molecule has 22 heavy (non-hydrogen) atoms. The number of nitrogens with zero attached hydrogens (tertiary/aromatic N) is 2. The van der Waals surface area contributed by atoms with Gasteiger partial charge >= 0.3 is 0 Å². The highest BCUT2D eigenvalue weighted by atomic mass is 35.5. The van der Waals surface area contributed by atoms with E-state index in [-0.39, 0.29) is 17.9 Å². The van der Waals surface area contributed by atoms with Crippen molar-refractivity contribution in [3.63, 3.8) is 0 Å². The third-order valence-corrected chi connectivity index (χ3v) is 3.62. The molecule has 2 atom stereocenters. The van der Waals surface area contributed by atoms with E-state index in [9.17, 15) is 9.90 Å². The van der Waals surface area contributed by atoms with E-state index in [0.29, 0.717) is 23.6 Å². The van der Waals surface area contributed by atoms with Crippen LogP contribution >= 0.6 is 11.6 Å². The molecule has 5 nitrogen and oxygen atoms in total. The molecular formula is C16H20ClN3O2. The van der Waals surface area contributed by atoms with Crippen molar-refractivity contribution in [2.45, 2.75) is 26.4 Å². The van der Waals surface area contributed by atoms with Gasteiger partial charge in [-0.15, -0.1) is 0 Å². The highest BCUT2D eigenvalue weighted by Gasteiger charge is 2.12. The van der Waals surface area contributed by atoms with E-state index in [2.05, 4.69) is 10.4 Å². The van der Waals surface area contributed by atoms with Crippen LogP contribution in [0, 0.1) is 5.92 Å². The summed E-state index contributed by atoms with van der Waals surface area (Å²) in [5.74, 6) is 0.0262. The molecule has 2 rings (SSSR count). The van der Waals surface area contributed by atoms with E-state index in [1.165, 1.54) is 6.20 Å². The molecule has 0 fully saturated rings. The van der Waals surface area contributed by atoms with Crippen molar-refractivity contribution < 1.29 is 9.90 Å². The first-order valence-electron chi connectivity index (χ1n) is 7.23. The van der Waals surface area contributed by atoms with Crippen molar-refractivity contribution in [1.29, 1.82) is 0 Å². The molecule has 1 aromatic heterocycles. The molecule has 0 radical (unpaired) electrons. The van der Waals surface area contributed by atoms with Gasteiger partial charge in [-0.3, -0.25) is 4.79 Å². The van der Waals surface area contributed by atoms with E-state index in [0.717, 1.165) is 5.69 Å². The van der Waals surface area contributed by atoms with Crippen LogP contribution in [0.4, 0.5) is 0 Å². The summed E-state index contributed by atoms with van der Waals surface area (Å²) in [6.45, 7) is 4.24. The van der Waals surface area contributed by atoms with Crippen LogP contribution in [-0.2, 0) is 0 Å². The number of carbonyl (C=O) groups is 1. The van der Waals surface area contributed by atoms with E-state index in [4.69, 9.17) is 11.6 Å². The average molecular weight is 322 g/mol. The van der Waals surface area contributed by atoms with E-state index in [1.807, 2.05) is 25.1 Å². The number of rotatable bonds is 6. The molecular weight excluding hydrogens is 302 g/mol. The van der Waals surface area contributed by atoms with Crippen LogP contribution in [0.15, 0.2) is 36.7 Å². The summed E-state index contributed by atoms with van der Waals surface area (Å²) < 4.78 is 1.58. The quantitative estimate of drug-likeness (QED) is 0.859. The molecule has 6 heteroatoms. The lowest BCUT2D eigenvalue weighted by molar-refractivity contribution is 0.0939. The number of nitrogens with one attached hydrogen (secondary N) is 1. The molecule has 1 heterocycles. The minimum Gasteiger partial charge on any atom is -0.393 e. The van der Waals surface area contributed by atoms with Gasteiger partial charge in [0.15, 0.2) is 0 Å². The Bertz CT molecular complexity index is 640. The average Bonchev–Trinajstić information content (AvgIpc) is 2.94. The fraction of sp³-hybridized carbons (Fsp3) is 0.375. The molecule has 118 valence electrons. The monoisotopic (exact) mass is 321 g/mol. The standard InChI is InChI=1S/C16H20ClN3O2/c1-11(7-12(2)21)8-18-16(22)13-9-19-20(10-13)15-6-4-3-5-14(15)17/h3-6,9-12,21H,7-8H2,1-2H3,(H,18,22). The second-order valence-corrected chi connectivity index (χ2v) is 5.93. The van der Waals surface area contributed by atoms with Gasteiger partial charge in [0.25, 0.3) is 5.91 Å². The number of hydrogen-bond donors (Lipinski definition) is 2. The number of aliphatic hydroxyl groups is 1. The fourth-order valence-corrected chi connectivity index (χ4v) is 2.47. The molecule has 0 aliphatic rings. The normalized spacial score (nSPS) is 13.6. The van der Waals surface area contributed by atoms with E-state index >= 15 is 0 Å². The third kappa shape index (κ3) is 4.32. The lowest BCUT2D eigenvalue weighted by Gasteiger charge is -2.13. The molecule has 2 N–H and O–H groups in total. The number of aromatic nitrogens is 2. The van der Waals surface area contributed by atoms with Crippen LogP contribution in [0.2, 0.25) is 5.02 Å². The van der Waals surface area contributed by atoms with Gasteiger partial charge in [-0.05, 0) is 31.4 Å². The second-order valence-electron chi connectivity index (χ2n) is 5.52. The molecule has 2 unspecified atom stereocenters. The van der Waals surface area contributed by atoms with Gasteiger partial charge in [0.05, 0.1) is 28.6 Å². The predicted octanol–water partition coefficient (Wildman–Crippen LogP) is 2.66. The van der Waals surface area contributed by atoms with Crippen LogP contribution < -0.4 is 5.32 Å². The summed E-state index contributed by atoms with van der Waals surface area (Å²) in [7, 11) is 0. The third-order valence-electron chi connectivity index (χ3n) is 3.30. The maximum absolute atomic E-state index is 12.1. The summed E-state index contributed by atoms with van der Waals surface area (Å²) in [5.41, 5.74) is 1.20. The molecule has 0 spiro atoms. The molecule has 0 saturated carbocycles. The van der Waals surface area contributed by atoms with Gasteiger partial charge in [0, 0.05) is 12.7 Å². The van der Waals surface area contributed by atoms with Crippen molar-refractivity contribution >= 4 is 17.5 Å². The number of carbonyl (C=O) groups excluding carboxylic acids is 1. The van der Waals surface area contributed by atoms with E-state index < -0.39 is 0 Å². The Hall–Kier alpha value is -1.85. The summed E-state index contributed by atoms with van der Waals surface area (Å²) in [4.78, 5) is 12.1. The summed E-state index contributed by atoms with van der Waals surface area (Å²) in [6, 6.07) is 7.31. The van der Waals surface area contributed by atoms with Crippen molar-refractivity contribution in [3.05, 3.63) is 47.2 Å². The lowest BCUT2D eigenvalue weighted by Crippen LogP contribution is -2.29. The van der Waals surface area contributed by atoms with Gasteiger partial charge in [0.1, 0.15) is 0 Å². The van der Waals surface area contributed by atoms with Gasteiger partial charge in [-0.25, -0.2) is 4.68 Å². The Kier molecular flexibility index (Phi) is 5.57. The Labute approximate surface area is 134 Å². The fourth-order valence-electron chi connectivity index (χ4n) is 2.24. The number of para-hydroxylation sites is 1. The minimum absolute atomic E-state index is 0.184. The molecule has 1 aromatic carbocycles. The van der Waals surface area contributed by atoms with Gasteiger partial charge < -0.3 is 10.4 Å². The topological polar surface area (TPSA) is 67.2 Å². The first-order chi connectivity index (χ1) is 10.5. The Morgan fingerprint density at radius 1 is 1.41 bits per heavy atom. The number of benzene rings is 1. The molecule has 1 amide bonds. The van der Waals surface area contributed by atoms with Crippen LogP contribution in [0.3, 0.4) is 0 Å². The zero-order valence-electron chi connectivity index (χ0n) is 12.7. The summed E-state index contributed by atoms with van der Waals surface area (Å²) >= 11 is 6.11. The van der Waals surface area contributed by atoms with Crippen LogP contribution in [-0.4, -0.2) is 33.4 Å². The molecule has 0 bridgehead atoms.